The smallest absolute Gasteiger partial charge is 0.127 e. The molecule has 2 aromatic carbocycles. The fraction of sp³-hybridized carbons (Fsp3) is 0.333. The second kappa shape index (κ2) is 6.07. The maximum absolute atomic E-state index is 13.9. The fourth-order valence-corrected chi connectivity index (χ4v) is 2.75. The predicted molar refractivity (Wildman–Crippen MR) is 81.1 cm³/mol. The van der Waals surface area contributed by atoms with Gasteiger partial charge in [0.15, 0.2) is 0 Å². The number of benzene rings is 2. The van der Waals surface area contributed by atoms with Crippen molar-refractivity contribution in [3.63, 3.8) is 0 Å². The summed E-state index contributed by atoms with van der Waals surface area (Å²) >= 11 is 0. The van der Waals surface area contributed by atoms with Crippen LogP contribution in [0.2, 0.25) is 0 Å². The molecular formula is C18H19FO3. The van der Waals surface area contributed by atoms with E-state index in [1.54, 1.807) is 13.0 Å². The molecule has 1 fully saturated rings. The Kier molecular flexibility index (Phi) is 4.14. The van der Waals surface area contributed by atoms with Gasteiger partial charge in [0.05, 0.1) is 12.7 Å². The maximum atomic E-state index is 13.9. The van der Waals surface area contributed by atoms with Crippen molar-refractivity contribution in [2.75, 3.05) is 6.61 Å². The molecule has 0 aliphatic carbocycles. The standard InChI is InChI=1S/C18H19FO3/c1-13-18(20,7-8-21-13)15-9-16(19)11-17(10-15)22-12-14-5-3-2-4-6-14/h2-6,9-11,13,20H,7-8,12H2,1H3. The summed E-state index contributed by atoms with van der Waals surface area (Å²) in [6, 6.07) is 14.0. The average Bonchev–Trinajstić information content (AvgIpc) is 2.86. The van der Waals surface area contributed by atoms with Crippen LogP contribution < -0.4 is 4.74 Å². The molecule has 1 saturated heterocycles. The number of rotatable bonds is 4. The van der Waals surface area contributed by atoms with E-state index in [2.05, 4.69) is 0 Å². The summed E-state index contributed by atoms with van der Waals surface area (Å²) in [4.78, 5) is 0. The number of hydrogen-bond acceptors (Lipinski definition) is 3. The second-order valence-corrected chi connectivity index (χ2v) is 5.64. The molecule has 0 saturated carbocycles. The third-order valence-corrected chi connectivity index (χ3v) is 4.14. The van der Waals surface area contributed by atoms with Gasteiger partial charge in [-0.3, -0.25) is 0 Å². The Hall–Kier alpha value is -1.91. The number of hydrogen-bond donors (Lipinski definition) is 1. The van der Waals surface area contributed by atoms with E-state index in [-0.39, 0.29) is 6.10 Å². The van der Waals surface area contributed by atoms with Gasteiger partial charge >= 0.3 is 0 Å². The number of halogens is 1. The molecule has 3 rings (SSSR count). The van der Waals surface area contributed by atoms with Crippen molar-refractivity contribution in [1.29, 1.82) is 0 Å². The maximum Gasteiger partial charge on any atom is 0.127 e. The first kappa shape index (κ1) is 15.0. The zero-order valence-corrected chi connectivity index (χ0v) is 12.5. The van der Waals surface area contributed by atoms with E-state index in [9.17, 15) is 9.50 Å². The van der Waals surface area contributed by atoms with Gasteiger partial charge in [-0.15, -0.1) is 0 Å². The monoisotopic (exact) mass is 302 g/mol. The predicted octanol–water partition coefficient (Wildman–Crippen LogP) is 3.40. The molecule has 0 spiro atoms. The highest BCUT2D eigenvalue weighted by atomic mass is 19.1. The quantitative estimate of drug-likeness (QED) is 0.940. The molecule has 1 heterocycles. The van der Waals surface area contributed by atoms with Crippen molar-refractivity contribution < 1.29 is 19.0 Å². The van der Waals surface area contributed by atoms with Crippen LogP contribution in [0.25, 0.3) is 0 Å². The highest BCUT2D eigenvalue weighted by Gasteiger charge is 2.41. The number of aliphatic hydroxyl groups is 1. The van der Waals surface area contributed by atoms with Crippen molar-refractivity contribution in [2.45, 2.75) is 31.7 Å². The van der Waals surface area contributed by atoms with Gasteiger partial charge in [-0.1, -0.05) is 30.3 Å². The van der Waals surface area contributed by atoms with Crippen LogP contribution in [0.15, 0.2) is 48.5 Å². The minimum atomic E-state index is -1.16. The largest absolute Gasteiger partial charge is 0.489 e. The normalized spacial score (nSPS) is 24.4. The second-order valence-electron chi connectivity index (χ2n) is 5.64. The van der Waals surface area contributed by atoms with Gasteiger partial charge in [-0.25, -0.2) is 4.39 Å². The van der Waals surface area contributed by atoms with E-state index < -0.39 is 11.4 Å². The molecule has 1 aliphatic rings. The Morgan fingerprint density at radius 2 is 2.05 bits per heavy atom. The van der Waals surface area contributed by atoms with Gasteiger partial charge in [-0.05, 0) is 30.2 Å². The molecule has 3 nitrogen and oxygen atoms in total. The van der Waals surface area contributed by atoms with Crippen LogP contribution in [-0.4, -0.2) is 17.8 Å². The lowest BCUT2D eigenvalue weighted by Gasteiger charge is -2.27. The summed E-state index contributed by atoms with van der Waals surface area (Å²) in [6.07, 6.45) is 0.0896. The molecule has 22 heavy (non-hydrogen) atoms. The van der Waals surface area contributed by atoms with Crippen molar-refractivity contribution in [3.05, 3.63) is 65.5 Å². The molecule has 0 bridgehead atoms. The van der Waals surface area contributed by atoms with E-state index >= 15 is 0 Å². The average molecular weight is 302 g/mol. The van der Waals surface area contributed by atoms with Gasteiger partial charge in [0.25, 0.3) is 0 Å². The topological polar surface area (TPSA) is 38.7 Å². The third kappa shape index (κ3) is 2.98. The van der Waals surface area contributed by atoms with Crippen LogP contribution in [0.3, 0.4) is 0 Å². The molecule has 116 valence electrons. The summed E-state index contributed by atoms with van der Waals surface area (Å²) < 4.78 is 25.0. The highest BCUT2D eigenvalue weighted by molar-refractivity contribution is 5.35. The molecular weight excluding hydrogens is 283 g/mol. The van der Waals surface area contributed by atoms with E-state index in [1.165, 1.54) is 12.1 Å². The third-order valence-electron chi connectivity index (χ3n) is 4.14. The lowest BCUT2D eigenvalue weighted by atomic mass is 9.88. The van der Waals surface area contributed by atoms with Crippen LogP contribution in [0.4, 0.5) is 4.39 Å². The Balaban J connectivity index is 1.81. The van der Waals surface area contributed by atoms with Crippen molar-refractivity contribution >= 4 is 0 Å². The summed E-state index contributed by atoms with van der Waals surface area (Å²) in [7, 11) is 0. The van der Waals surface area contributed by atoms with Gasteiger partial charge in [0.2, 0.25) is 0 Å². The van der Waals surface area contributed by atoms with Crippen LogP contribution >= 0.6 is 0 Å². The Morgan fingerprint density at radius 3 is 2.73 bits per heavy atom. The van der Waals surface area contributed by atoms with Crippen molar-refractivity contribution in [2.24, 2.45) is 0 Å². The highest BCUT2D eigenvalue weighted by Crippen LogP contribution is 2.37. The Labute approximate surface area is 129 Å². The summed E-state index contributed by atoms with van der Waals surface area (Å²) in [5.74, 6) is -0.0144. The van der Waals surface area contributed by atoms with E-state index in [0.717, 1.165) is 5.56 Å². The van der Waals surface area contributed by atoms with Crippen LogP contribution in [0.5, 0.6) is 5.75 Å². The first-order valence-corrected chi connectivity index (χ1v) is 7.40. The van der Waals surface area contributed by atoms with Gasteiger partial charge in [0, 0.05) is 12.5 Å². The molecule has 0 amide bonds. The van der Waals surface area contributed by atoms with Crippen LogP contribution in [0, 0.1) is 5.82 Å². The lowest BCUT2D eigenvalue weighted by Crippen LogP contribution is -2.33. The Bertz CT molecular complexity index is 644. The first-order valence-electron chi connectivity index (χ1n) is 7.40. The molecule has 2 atom stereocenters. The lowest BCUT2D eigenvalue weighted by molar-refractivity contribution is -0.0320. The summed E-state index contributed by atoms with van der Waals surface area (Å²) in [5, 5.41) is 10.7. The molecule has 1 aliphatic heterocycles. The van der Waals surface area contributed by atoms with E-state index in [0.29, 0.717) is 30.9 Å². The van der Waals surface area contributed by atoms with Crippen molar-refractivity contribution in [3.8, 4) is 5.75 Å². The van der Waals surface area contributed by atoms with Gasteiger partial charge < -0.3 is 14.6 Å². The zero-order chi connectivity index (χ0) is 15.6. The van der Waals surface area contributed by atoms with E-state index in [4.69, 9.17) is 9.47 Å². The molecule has 0 aromatic heterocycles. The van der Waals surface area contributed by atoms with Gasteiger partial charge in [-0.2, -0.15) is 0 Å². The van der Waals surface area contributed by atoms with Gasteiger partial charge in [0.1, 0.15) is 23.8 Å². The van der Waals surface area contributed by atoms with E-state index in [1.807, 2.05) is 30.3 Å². The minimum Gasteiger partial charge on any atom is -0.489 e. The number of ether oxygens (including phenoxy) is 2. The Morgan fingerprint density at radius 1 is 1.27 bits per heavy atom. The van der Waals surface area contributed by atoms with Crippen LogP contribution in [0.1, 0.15) is 24.5 Å². The van der Waals surface area contributed by atoms with Crippen LogP contribution in [-0.2, 0) is 16.9 Å². The zero-order valence-electron chi connectivity index (χ0n) is 12.5. The summed E-state index contributed by atoms with van der Waals surface area (Å²) in [6.45, 7) is 2.62. The molecule has 1 N–H and O–H groups in total. The molecule has 4 heteroatoms. The molecule has 2 unspecified atom stereocenters. The molecule has 0 radical (unpaired) electrons. The minimum absolute atomic E-state index is 0.355. The summed E-state index contributed by atoms with van der Waals surface area (Å²) in [5.41, 5.74) is 0.345. The molecule has 2 aromatic rings. The first-order chi connectivity index (χ1) is 10.6. The fourth-order valence-electron chi connectivity index (χ4n) is 2.75. The van der Waals surface area contributed by atoms with Crippen molar-refractivity contribution in [1.82, 2.24) is 0 Å². The SMILES string of the molecule is CC1OCCC1(O)c1cc(F)cc(OCc2ccccc2)c1.